The standard InChI is InChI=1S/C17H26N2/c18-13-15-3-5-16(6-4-15)14-19-11-9-17(10-12-19)7-1-2-8-17/h3-6H,1-2,7-14,18H2. The zero-order valence-corrected chi connectivity index (χ0v) is 11.9. The molecule has 0 bridgehead atoms. The highest BCUT2D eigenvalue weighted by molar-refractivity contribution is 5.22. The third-order valence-electron chi connectivity index (χ3n) is 5.25. The zero-order chi connectivity index (χ0) is 13.1. The van der Waals surface area contributed by atoms with E-state index in [0.717, 1.165) is 12.0 Å². The van der Waals surface area contributed by atoms with Crippen LogP contribution in [0, 0.1) is 5.41 Å². The summed E-state index contributed by atoms with van der Waals surface area (Å²) < 4.78 is 0. The Morgan fingerprint density at radius 1 is 0.895 bits per heavy atom. The maximum absolute atomic E-state index is 5.64. The summed E-state index contributed by atoms with van der Waals surface area (Å²) in [5, 5.41) is 0. The van der Waals surface area contributed by atoms with Crippen LogP contribution in [0.5, 0.6) is 0 Å². The molecule has 1 aromatic carbocycles. The van der Waals surface area contributed by atoms with Gasteiger partial charge in [-0.25, -0.2) is 0 Å². The number of nitrogens with zero attached hydrogens (tertiary/aromatic N) is 1. The van der Waals surface area contributed by atoms with Crippen LogP contribution in [0.1, 0.15) is 49.7 Å². The first-order valence-corrected chi connectivity index (χ1v) is 7.80. The van der Waals surface area contributed by atoms with Gasteiger partial charge in [-0.3, -0.25) is 4.90 Å². The van der Waals surface area contributed by atoms with Gasteiger partial charge in [-0.05, 0) is 55.3 Å². The molecular weight excluding hydrogens is 232 g/mol. The summed E-state index contributed by atoms with van der Waals surface area (Å²) in [7, 11) is 0. The number of rotatable bonds is 3. The predicted octanol–water partition coefficient (Wildman–Crippen LogP) is 3.30. The maximum atomic E-state index is 5.64. The molecule has 0 unspecified atom stereocenters. The van der Waals surface area contributed by atoms with Gasteiger partial charge in [-0.15, -0.1) is 0 Å². The van der Waals surface area contributed by atoms with Crippen LogP contribution in [0.15, 0.2) is 24.3 Å². The van der Waals surface area contributed by atoms with E-state index in [1.807, 2.05) is 0 Å². The van der Waals surface area contributed by atoms with Gasteiger partial charge >= 0.3 is 0 Å². The molecule has 0 amide bonds. The van der Waals surface area contributed by atoms with E-state index in [1.165, 1.54) is 62.7 Å². The second-order valence-corrected chi connectivity index (χ2v) is 6.50. The van der Waals surface area contributed by atoms with E-state index in [0.29, 0.717) is 6.54 Å². The van der Waals surface area contributed by atoms with Gasteiger partial charge in [0.25, 0.3) is 0 Å². The molecule has 0 atom stereocenters. The van der Waals surface area contributed by atoms with E-state index in [4.69, 9.17) is 5.73 Å². The van der Waals surface area contributed by atoms with E-state index in [2.05, 4.69) is 29.2 Å². The Bertz CT molecular complexity index is 394. The molecule has 19 heavy (non-hydrogen) atoms. The molecule has 104 valence electrons. The van der Waals surface area contributed by atoms with E-state index in [9.17, 15) is 0 Å². The Kier molecular flexibility index (Phi) is 3.90. The molecule has 1 saturated heterocycles. The topological polar surface area (TPSA) is 29.3 Å². The molecule has 1 aliphatic heterocycles. The van der Waals surface area contributed by atoms with Crippen molar-refractivity contribution >= 4 is 0 Å². The Balaban J connectivity index is 1.53. The van der Waals surface area contributed by atoms with Crippen LogP contribution < -0.4 is 5.73 Å². The lowest BCUT2D eigenvalue weighted by molar-refractivity contribution is 0.103. The predicted molar refractivity (Wildman–Crippen MR) is 79.7 cm³/mol. The first-order valence-electron chi connectivity index (χ1n) is 7.80. The van der Waals surface area contributed by atoms with Crippen LogP contribution in [0.4, 0.5) is 0 Å². The Morgan fingerprint density at radius 3 is 2.05 bits per heavy atom. The van der Waals surface area contributed by atoms with E-state index < -0.39 is 0 Å². The minimum Gasteiger partial charge on any atom is -0.326 e. The van der Waals surface area contributed by atoms with Crippen molar-refractivity contribution in [2.75, 3.05) is 13.1 Å². The molecule has 2 aliphatic rings. The zero-order valence-electron chi connectivity index (χ0n) is 11.9. The minimum absolute atomic E-state index is 0.645. The average molecular weight is 258 g/mol. The lowest BCUT2D eigenvalue weighted by Crippen LogP contribution is -2.38. The number of piperidine rings is 1. The van der Waals surface area contributed by atoms with Crippen molar-refractivity contribution in [2.45, 2.75) is 51.6 Å². The minimum atomic E-state index is 0.645. The Hall–Kier alpha value is -0.860. The molecule has 2 N–H and O–H groups in total. The normalized spacial score (nSPS) is 23.0. The van der Waals surface area contributed by atoms with Gasteiger partial charge in [0.05, 0.1) is 0 Å². The summed E-state index contributed by atoms with van der Waals surface area (Å²) in [5.74, 6) is 0. The largest absolute Gasteiger partial charge is 0.326 e. The summed E-state index contributed by atoms with van der Waals surface area (Å²) in [4.78, 5) is 2.63. The number of hydrogen-bond acceptors (Lipinski definition) is 2. The van der Waals surface area contributed by atoms with Crippen molar-refractivity contribution in [2.24, 2.45) is 11.1 Å². The summed E-state index contributed by atoms with van der Waals surface area (Å²) in [5.41, 5.74) is 9.04. The first-order chi connectivity index (χ1) is 9.30. The van der Waals surface area contributed by atoms with Gasteiger partial charge in [-0.1, -0.05) is 37.1 Å². The monoisotopic (exact) mass is 258 g/mol. The molecule has 1 saturated carbocycles. The molecule has 1 heterocycles. The van der Waals surface area contributed by atoms with Crippen molar-refractivity contribution in [1.82, 2.24) is 4.90 Å². The number of nitrogens with two attached hydrogens (primary N) is 1. The third kappa shape index (κ3) is 3.01. The highest BCUT2D eigenvalue weighted by Crippen LogP contribution is 2.46. The Labute approximate surface area is 117 Å². The second-order valence-electron chi connectivity index (χ2n) is 6.50. The van der Waals surface area contributed by atoms with Gasteiger partial charge in [-0.2, -0.15) is 0 Å². The molecule has 3 rings (SSSR count). The van der Waals surface area contributed by atoms with Crippen LogP contribution in [-0.2, 0) is 13.1 Å². The van der Waals surface area contributed by atoms with Gasteiger partial charge < -0.3 is 5.73 Å². The smallest absolute Gasteiger partial charge is 0.0233 e. The maximum Gasteiger partial charge on any atom is 0.0233 e. The van der Waals surface area contributed by atoms with E-state index >= 15 is 0 Å². The van der Waals surface area contributed by atoms with Crippen LogP contribution >= 0.6 is 0 Å². The number of likely N-dealkylation sites (tertiary alicyclic amines) is 1. The second kappa shape index (κ2) is 5.64. The summed E-state index contributed by atoms with van der Waals surface area (Å²) in [6, 6.07) is 8.81. The molecule has 1 spiro atoms. The summed E-state index contributed by atoms with van der Waals surface area (Å²) in [6.45, 7) is 4.34. The van der Waals surface area contributed by atoms with E-state index in [1.54, 1.807) is 0 Å². The van der Waals surface area contributed by atoms with Crippen molar-refractivity contribution < 1.29 is 0 Å². The van der Waals surface area contributed by atoms with Gasteiger partial charge in [0.1, 0.15) is 0 Å². The lowest BCUT2D eigenvalue weighted by Gasteiger charge is -2.39. The first kappa shape index (κ1) is 13.1. The highest BCUT2D eigenvalue weighted by atomic mass is 15.1. The number of hydrogen-bond donors (Lipinski definition) is 1. The van der Waals surface area contributed by atoms with Crippen molar-refractivity contribution in [1.29, 1.82) is 0 Å². The van der Waals surface area contributed by atoms with Crippen molar-refractivity contribution in [3.63, 3.8) is 0 Å². The molecule has 1 aromatic rings. The third-order valence-corrected chi connectivity index (χ3v) is 5.25. The van der Waals surface area contributed by atoms with Crippen molar-refractivity contribution in [3.8, 4) is 0 Å². The highest BCUT2D eigenvalue weighted by Gasteiger charge is 2.36. The fourth-order valence-electron chi connectivity index (χ4n) is 3.85. The molecule has 2 heteroatoms. The van der Waals surface area contributed by atoms with Gasteiger partial charge in [0.2, 0.25) is 0 Å². The fourth-order valence-corrected chi connectivity index (χ4v) is 3.85. The van der Waals surface area contributed by atoms with E-state index in [-0.39, 0.29) is 0 Å². The fraction of sp³-hybridized carbons (Fsp3) is 0.647. The lowest BCUT2D eigenvalue weighted by atomic mass is 9.77. The molecular formula is C17H26N2. The van der Waals surface area contributed by atoms with Crippen LogP contribution in [0.25, 0.3) is 0 Å². The summed E-state index contributed by atoms with van der Waals surface area (Å²) in [6.07, 6.45) is 8.78. The Morgan fingerprint density at radius 2 is 1.47 bits per heavy atom. The quantitative estimate of drug-likeness (QED) is 0.901. The van der Waals surface area contributed by atoms with Crippen molar-refractivity contribution in [3.05, 3.63) is 35.4 Å². The molecule has 1 aliphatic carbocycles. The van der Waals surface area contributed by atoms with Crippen LogP contribution in [0.2, 0.25) is 0 Å². The SMILES string of the molecule is NCc1ccc(CN2CCC3(CCCC3)CC2)cc1. The van der Waals surface area contributed by atoms with Crippen LogP contribution in [-0.4, -0.2) is 18.0 Å². The molecule has 0 radical (unpaired) electrons. The number of benzene rings is 1. The molecule has 0 aromatic heterocycles. The average Bonchev–Trinajstić information content (AvgIpc) is 2.91. The molecule has 2 fully saturated rings. The van der Waals surface area contributed by atoms with Gasteiger partial charge in [0.15, 0.2) is 0 Å². The molecule has 2 nitrogen and oxygen atoms in total. The summed E-state index contributed by atoms with van der Waals surface area (Å²) >= 11 is 0. The van der Waals surface area contributed by atoms with Crippen LogP contribution in [0.3, 0.4) is 0 Å². The van der Waals surface area contributed by atoms with Gasteiger partial charge in [0, 0.05) is 13.1 Å².